The highest BCUT2D eigenvalue weighted by atomic mass is 32.1. The zero-order valence-electron chi connectivity index (χ0n) is 8.86. The summed E-state index contributed by atoms with van der Waals surface area (Å²) >= 11 is 1.85. The van der Waals surface area contributed by atoms with Crippen LogP contribution in [-0.2, 0) is 0 Å². The lowest BCUT2D eigenvalue weighted by molar-refractivity contribution is 0.575. The van der Waals surface area contributed by atoms with Crippen molar-refractivity contribution in [3.63, 3.8) is 0 Å². The first-order valence-corrected chi connectivity index (χ1v) is 6.45. The van der Waals surface area contributed by atoms with Crippen LogP contribution in [0.2, 0.25) is 0 Å². The summed E-state index contributed by atoms with van der Waals surface area (Å²) in [6.45, 7) is 2.27. The lowest BCUT2D eigenvalue weighted by atomic mass is 10.1. The summed E-state index contributed by atoms with van der Waals surface area (Å²) in [4.78, 5) is 0. The fourth-order valence-corrected chi connectivity index (χ4v) is 3.08. The molecule has 2 aromatic rings. The average molecular weight is 217 g/mol. The number of fused-ring (bicyclic) bond motifs is 1. The Kier molecular flexibility index (Phi) is 2.26. The molecule has 78 valence electrons. The first-order valence-electron chi connectivity index (χ1n) is 5.57. The van der Waals surface area contributed by atoms with Gasteiger partial charge in [-0.2, -0.15) is 0 Å². The molecule has 3 rings (SSSR count). The molecule has 15 heavy (non-hydrogen) atoms. The third-order valence-corrected chi connectivity index (χ3v) is 4.02. The van der Waals surface area contributed by atoms with Crippen molar-refractivity contribution in [3.8, 4) is 0 Å². The lowest BCUT2D eigenvalue weighted by Gasteiger charge is -2.12. The Balaban J connectivity index is 1.95. The summed E-state index contributed by atoms with van der Waals surface area (Å²) < 4.78 is 1.40. The summed E-state index contributed by atoms with van der Waals surface area (Å²) in [5.41, 5.74) is 1.46. The van der Waals surface area contributed by atoms with Crippen LogP contribution in [0.1, 0.15) is 31.4 Å². The second kappa shape index (κ2) is 3.62. The number of nitrogens with one attached hydrogen (secondary N) is 1. The molecule has 0 radical (unpaired) electrons. The molecule has 1 nitrogen and oxygen atoms in total. The summed E-state index contributed by atoms with van der Waals surface area (Å²) in [5, 5.41) is 7.37. The molecule has 2 heteroatoms. The quantitative estimate of drug-likeness (QED) is 0.826. The van der Waals surface area contributed by atoms with Crippen LogP contribution in [0, 0.1) is 0 Å². The second-order valence-corrected chi connectivity index (χ2v) is 5.26. The van der Waals surface area contributed by atoms with Crippen molar-refractivity contribution in [3.05, 3.63) is 35.2 Å². The van der Waals surface area contributed by atoms with Gasteiger partial charge in [0.05, 0.1) is 0 Å². The highest BCUT2D eigenvalue weighted by Crippen LogP contribution is 2.32. The molecule has 1 aromatic heterocycles. The Hall–Kier alpha value is -0.860. The Morgan fingerprint density at radius 3 is 2.93 bits per heavy atom. The van der Waals surface area contributed by atoms with Crippen molar-refractivity contribution in [1.82, 2.24) is 5.32 Å². The third-order valence-electron chi connectivity index (χ3n) is 3.04. The average Bonchev–Trinajstić information content (AvgIpc) is 2.96. The van der Waals surface area contributed by atoms with E-state index in [-0.39, 0.29) is 0 Å². The predicted octanol–water partition coefficient (Wildman–Crippen LogP) is 3.71. The third kappa shape index (κ3) is 1.80. The van der Waals surface area contributed by atoms with Gasteiger partial charge in [-0.3, -0.25) is 0 Å². The first-order chi connectivity index (χ1) is 7.34. The van der Waals surface area contributed by atoms with E-state index in [1.54, 1.807) is 0 Å². The van der Waals surface area contributed by atoms with Gasteiger partial charge >= 0.3 is 0 Å². The van der Waals surface area contributed by atoms with E-state index in [0.717, 1.165) is 6.04 Å². The van der Waals surface area contributed by atoms with Crippen LogP contribution >= 0.6 is 11.3 Å². The van der Waals surface area contributed by atoms with Crippen LogP contribution in [0.3, 0.4) is 0 Å². The molecule has 0 spiro atoms. The van der Waals surface area contributed by atoms with E-state index >= 15 is 0 Å². The highest BCUT2D eigenvalue weighted by molar-refractivity contribution is 7.17. The predicted molar refractivity (Wildman–Crippen MR) is 66.4 cm³/mol. The largest absolute Gasteiger partial charge is 0.307 e. The van der Waals surface area contributed by atoms with Crippen molar-refractivity contribution in [1.29, 1.82) is 0 Å². The zero-order valence-corrected chi connectivity index (χ0v) is 9.68. The van der Waals surface area contributed by atoms with Gasteiger partial charge < -0.3 is 5.32 Å². The molecule has 0 amide bonds. The van der Waals surface area contributed by atoms with Crippen molar-refractivity contribution in [2.24, 2.45) is 0 Å². The maximum Gasteiger partial charge on any atom is 0.0346 e. The van der Waals surface area contributed by atoms with Crippen LogP contribution < -0.4 is 5.32 Å². The molecule has 1 fully saturated rings. The first kappa shape index (κ1) is 9.37. The van der Waals surface area contributed by atoms with E-state index < -0.39 is 0 Å². The molecule has 0 saturated heterocycles. The molecular weight excluding hydrogens is 202 g/mol. The molecule has 1 heterocycles. The van der Waals surface area contributed by atoms with Gasteiger partial charge in [-0.25, -0.2) is 0 Å². The highest BCUT2D eigenvalue weighted by Gasteiger charge is 2.24. The number of hydrogen-bond donors (Lipinski definition) is 1. The monoisotopic (exact) mass is 217 g/mol. The van der Waals surface area contributed by atoms with E-state index in [1.807, 2.05) is 11.3 Å². The van der Waals surface area contributed by atoms with Gasteiger partial charge in [0.15, 0.2) is 0 Å². The smallest absolute Gasteiger partial charge is 0.0346 e. The van der Waals surface area contributed by atoms with Gasteiger partial charge in [-0.15, -0.1) is 11.3 Å². The molecule has 0 aliphatic heterocycles. The van der Waals surface area contributed by atoms with Gasteiger partial charge in [-0.05, 0) is 42.2 Å². The molecule has 1 saturated carbocycles. The normalized spacial score (nSPS) is 18.2. The Morgan fingerprint density at radius 2 is 2.13 bits per heavy atom. The maximum atomic E-state index is 3.66. The minimum atomic E-state index is 0.494. The van der Waals surface area contributed by atoms with Crippen LogP contribution in [0.5, 0.6) is 0 Å². The summed E-state index contributed by atoms with van der Waals surface area (Å²) in [5.74, 6) is 0. The summed E-state index contributed by atoms with van der Waals surface area (Å²) in [7, 11) is 0. The van der Waals surface area contributed by atoms with E-state index in [9.17, 15) is 0 Å². The lowest BCUT2D eigenvalue weighted by Crippen LogP contribution is -2.20. The number of rotatable bonds is 3. The molecule has 0 unspecified atom stereocenters. The Morgan fingerprint density at radius 1 is 1.33 bits per heavy atom. The topological polar surface area (TPSA) is 12.0 Å². The standard InChI is InChI=1S/C13H15NS/c1-9(14-10-6-7-10)12-8-15-13-5-3-2-4-11(12)13/h2-5,8-10,14H,6-7H2,1H3/t9-/m0/s1. The molecule has 1 aromatic carbocycles. The van der Waals surface area contributed by atoms with E-state index in [1.165, 1.54) is 28.5 Å². The summed E-state index contributed by atoms with van der Waals surface area (Å²) in [6, 6.07) is 9.94. The Bertz CT molecular complexity index is 470. The zero-order chi connectivity index (χ0) is 10.3. The van der Waals surface area contributed by atoms with Crippen molar-refractivity contribution in [2.45, 2.75) is 31.8 Å². The molecule has 0 bridgehead atoms. The molecule has 1 atom stereocenters. The SMILES string of the molecule is C[C@H](NC1CC1)c1csc2ccccc12. The minimum absolute atomic E-state index is 0.494. The van der Waals surface area contributed by atoms with E-state index in [0.29, 0.717) is 6.04 Å². The molecule has 1 aliphatic rings. The fourth-order valence-electron chi connectivity index (χ4n) is 2.03. The number of thiophene rings is 1. The van der Waals surface area contributed by atoms with Gasteiger partial charge in [0.25, 0.3) is 0 Å². The van der Waals surface area contributed by atoms with Crippen molar-refractivity contribution < 1.29 is 0 Å². The van der Waals surface area contributed by atoms with E-state index in [4.69, 9.17) is 0 Å². The van der Waals surface area contributed by atoms with Crippen LogP contribution in [0.25, 0.3) is 10.1 Å². The van der Waals surface area contributed by atoms with Gasteiger partial charge in [0, 0.05) is 16.8 Å². The molecule has 1 aliphatic carbocycles. The van der Waals surface area contributed by atoms with Crippen LogP contribution in [-0.4, -0.2) is 6.04 Å². The Labute approximate surface area is 94.1 Å². The van der Waals surface area contributed by atoms with Gasteiger partial charge in [-0.1, -0.05) is 18.2 Å². The maximum absolute atomic E-state index is 3.66. The van der Waals surface area contributed by atoms with Crippen LogP contribution in [0.4, 0.5) is 0 Å². The second-order valence-electron chi connectivity index (χ2n) is 4.35. The van der Waals surface area contributed by atoms with Crippen molar-refractivity contribution in [2.75, 3.05) is 0 Å². The minimum Gasteiger partial charge on any atom is -0.307 e. The summed E-state index contributed by atoms with van der Waals surface area (Å²) in [6.07, 6.45) is 2.71. The number of benzene rings is 1. The molecule has 1 N–H and O–H groups in total. The van der Waals surface area contributed by atoms with Gasteiger partial charge in [0.2, 0.25) is 0 Å². The number of hydrogen-bond acceptors (Lipinski definition) is 2. The van der Waals surface area contributed by atoms with E-state index in [2.05, 4.69) is 41.9 Å². The molecular formula is C13H15NS. The van der Waals surface area contributed by atoms with Gasteiger partial charge in [0.1, 0.15) is 0 Å². The van der Waals surface area contributed by atoms with Crippen molar-refractivity contribution >= 4 is 21.4 Å². The fraction of sp³-hybridized carbons (Fsp3) is 0.385. The van der Waals surface area contributed by atoms with Crippen LogP contribution in [0.15, 0.2) is 29.6 Å².